The first-order chi connectivity index (χ1) is 14.7. The van der Waals surface area contributed by atoms with Crippen molar-refractivity contribution in [3.8, 4) is 0 Å². The van der Waals surface area contributed by atoms with E-state index in [9.17, 15) is 24.3 Å². The highest BCUT2D eigenvalue weighted by molar-refractivity contribution is 8.00. The Hall–Kier alpha value is -2.43. The smallest absolute Gasteiger partial charge is 0.313 e. The Balaban J connectivity index is 0.00000289. The van der Waals surface area contributed by atoms with Gasteiger partial charge in [0.1, 0.15) is 22.5 Å². The second-order valence-corrected chi connectivity index (χ2v) is 9.92. The fraction of sp³-hybridized carbons (Fsp3) is 0.467. The van der Waals surface area contributed by atoms with Crippen molar-refractivity contribution in [1.82, 2.24) is 35.4 Å². The third kappa shape index (κ3) is 4.26. The van der Waals surface area contributed by atoms with Crippen molar-refractivity contribution in [3.63, 3.8) is 0 Å². The molecule has 2 saturated heterocycles. The van der Waals surface area contributed by atoms with Crippen LogP contribution in [0.15, 0.2) is 10.5 Å². The Labute approximate surface area is 199 Å². The van der Waals surface area contributed by atoms with Crippen LogP contribution in [0.1, 0.15) is 10.5 Å². The average molecular weight is 521 g/mol. The first-order valence-corrected chi connectivity index (χ1v) is 11.7. The van der Waals surface area contributed by atoms with Crippen LogP contribution in [0.2, 0.25) is 0 Å². The average Bonchev–Trinajstić information content (AvgIpc) is 3.37. The topological polar surface area (TPSA) is 186 Å². The van der Waals surface area contributed by atoms with E-state index in [0.717, 1.165) is 11.3 Å². The molecule has 172 valence electrons. The van der Waals surface area contributed by atoms with Gasteiger partial charge in [-0.25, -0.2) is 9.67 Å². The number of thiazole rings is 1. The van der Waals surface area contributed by atoms with E-state index in [0.29, 0.717) is 5.16 Å². The summed E-state index contributed by atoms with van der Waals surface area (Å²) in [4.78, 5) is 54.3. The molecule has 2 aliphatic heterocycles. The van der Waals surface area contributed by atoms with Crippen molar-refractivity contribution < 1.29 is 24.3 Å². The van der Waals surface area contributed by atoms with Gasteiger partial charge in [0.05, 0.1) is 0 Å². The Morgan fingerprint density at radius 1 is 1.44 bits per heavy atom. The molecule has 2 aromatic heterocycles. The number of halogens is 1. The molecule has 0 aliphatic carbocycles. The Kier molecular flexibility index (Phi) is 6.97. The molecule has 4 rings (SSSR count). The molecule has 0 aromatic carbocycles. The van der Waals surface area contributed by atoms with Gasteiger partial charge in [0, 0.05) is 30.5 Å². The minimum absolute atomic E-state index is 0. The maximum absolute atomic E-state index is 12.6. The number of nitrogens with zero attached hydrogens (tertiary/aromatic N) is 6. The zero-order valence-corrected chi connectivity index (χ0v) is 19.6. The number of carbonyl (C=O) groups excluding carboxylic acids is 3. The van der Waals surface area contributed by atoms with Crippen LogP contribution in [-0.4, -0.2) is 88.2 Å². The van der Waals surface area contributed by atoms with Gasteiger partial charge in [-0.1, -0.05) is 11.8 Å². The molecule has 32 heavy (non-hydrogen) atoms. The summed E-state index contributed by atoms with van der Waals surface area (Å²) in [5, 5.41) is 24.9. The number of aliphatic carboxylic acids is 1. The minimum Gasteiger partial charge on any atom is -0.481 e. The lowest BCUT2D eigenvalue weighted by atomic mass is 9.89. The van der Waals surface area contributed by atoms with Crippen molar-refractivity contribution in [2.24, 2.45) is 12.5 Å². The lowest BCUT2D eigenvalue weighted by Gasteiger charge is -2.53. The van der Waals surface area contributed by atoms with Gasteiger partial charge in [0.25, 0.3) is 11.7 Å². The van der Waals surface area contributed by atoms with Crippen LogP contribution in [0.3, 0.4) is 0 Å². The van der Waals surface area contributed by atoms with E-state index in [1.54, 1.807) is 7.05 Å². The largest absolute Gasteiger partial charge is 0.481 e. The summed E-state index contributed by atoms with van der Waals surface area (Å²) in [6.07, 6.45) is 0. The van der Waals surface area contributed by atoms with Crippen molar-refractivity contribution in [1.29, 1.82) is 0 Å². The number of Topliss-reactive ketones (excluding diaryl/α,β-unsaturated/α-hetero) is 1. The van der Waals surface area contributed by atoms with Crippen molar-refractivity contribution in [3.05, 3.63) is 11.1 Å². The highest BCUT2D eigenvalue weighted by Gasteiger charge is 2.57. The quantitative estimate of drug-likeness (QED) is 0.177. The number of ketones is 1. The fourth-order valence-electron chi connectivity index (χ4n) is 3.17. The number of carboxylic acid groups (broad SMARTS) is 1. The summed E-state index contributed by atoms with van der Waals surface area (Å²) >= 11 is 3.47. The number of hydrogen-bond acceptors (Lipinski definition) is 12. The lowest BCUT2D eigenvalue weighted by molar-refractivity contribution is -0.157. The highest BCUT2D eigenvalue weighted by Crippen LogP contribution is 2.44. The van der Waals surface area contributed by atoms with E-state index >= 15 is 0 Å². The number of hydrogen-bond donors (Lipinski definition) is 3. The molecule has 2 aromatic rings. The highest BCUT2D eigenvalue weighted by atomic mass is 35.5. The van der Waals surface area contributed by atoms with Crippen LogP contribution in [0.25, 0.3) is 0 Å². The standard InChI is InChI=1S/C15H16N8O5S3.ClH/c1-22-14(19-20-21-22)31-5-15(12(27)28)3-23-10(26)7(11(23)30-4-15)18-9(25)8(24)6-2-29-13(16)17-6;/h2,7,11H,3-5H2,1H3,(H2,16,17)(H,18,25)(H,27,28);1H/t7?,11-,15?;/m1./s1. The number of rotatable bonds is 7. The summed E-state index contributed by atoms with van der Waals surface area (Å²) in [7, 11) is 1.65. The number of anilines is 1. The maximum Gasteiger partial charge on any atom is 0.313 e. The minimum atomic E-state index is -1.20. The first-order valence-electron chi connectivity index (χ1n) is 8.79. The molecule has 2 aliphatic rings. The van der Waals surface area contributed by atoms with Crippen molar-refractivity contribution >= 4 is 76.0 Å². The number of β-lactam (4-membered cyclic amide) rings is 1. The molecule has 2 fully saturated rings. The molecule has 4 N–H and O–H groups in total. The number of aromatic nitrogens is 5. The number of nitrogens with one attached hydrogen (secondary N) is 1. The molecule has 0 spiro atoms. The predicted octanol–water partition coefficient (Wildman–Crippen LogP) is -0.883. The van der Waals surface area contributed by atoms with Crippen LogP contribution in [0.5, 0.6) is 0 Å². The monoisotopic (exact) mass is 520 g/mol. The van der Waals surface area contributed by atoms with Gasteiger partial charge in [-0.3, -0.25) is 19.2 Å². The zero-order chi connectivity index (χ0) is 22.3. The normalized spacial score (nSPS) is 24.2. The number of amides is 2. The first kappa shape index (κ1) is 24.2. The third-order valence-corrected chi connectivity index (χ3v) is 8.47. The van der Waals surface area contributed by atoms with Gasteiger partial charge in [0.15, 0.2) is 5.13 Å². The van der Waals surface area contributed by atoms with E-state index in [4.69, 9.17) is 5.73 Å². The summed E-state index contributed by atoms with van der Waals surface area (Å²) in [6, 6.07) is -0.903. The van der Waals surface area contributed by atoms with Gasteiger partial charge in [-0.15, -0.1) is 40.6 Å². The Bertz CT molecular complexity index is 1080. The van der Waals surface area contributed by atoms with E-state index in [2.05, 4.69) is 25.8 Å². The van der Waals surface area contributed by atoms with Crippen LogP contribution in [-0.2, 0) is 21.4 Å². The number of nitrogens with two attached hydrogens (primary N) is 1. The van der Waals surface area contributed by atoms with Crippen LogP contribution in [0, 0.1) is 5.41 Å². The predicted molar refractivity (Wildman–Crippen MR) is 118 cm³/mol. The van der Waals surface area contributed by atoms with Gasteiger partial charge >= 0.3 is 5.97 Å². The SMILES string of the molecule is Cl.Cn1nnnc1SCC1(C(=O)O)CS[C@@H]2C(NC(=O)C(=O)c3csc(N)n3)C(=O)N2C1. The fourth-order valence-corrected chi connectivity index (χ4v) is 6.42. The molecule has 17 heteroatoms. The summed E-state index contributed by atoms with van der Waals surface area (Å²) in [5.41, 5.74) is 4.19. The number of aryl methyl sites for hydroxylation is 1. The zero-order valence-electron chi connectivity index (χ0n) is 16.3. The van der Waals surface area contributed by atoms with Crippen LogP contribution >= 0.6 is 47.3 Å². The number of thioether (sulfide) groups is 2. The molecular weight excluding hydrogens is 504 g/mol. The lowest BCUT2D eigenvalue weighted by Crippen LogP contribution is -2.74. The van der Waals surface area contributed by atoms with Crippen molar-refractivity contribution in [2.75, 3.05) is 23.8 Å². The number of carbonyl (C=O) groups is 4. The van der Waals surface area contributed by atoms with Gasteiger partial charge < -0.3 is 21.1 Å². The Morgan fingerprint density at radius 2 is 2.19 bits per heavy atom. The Morgan fingerprint density at radius 3 is 2.78 bits per heavy atom. The van der Waals surface area contributed by atoms with Crippen molar-refractivity contribution in [2.45, 2.75) is 16.6 Å². The van der Waals surface area contributed by atoms with Gasteiger partial charge in [-0.2, -0.15) is 0 Å². The van der Waals surface area contributed by atoms with E-state index in [1.165, 1.54) is 38.5 Å². The molecule has 4 heterocycles. The molecule has 0 radical (unpaired) electrons. The molecule has 0 saturated carbocycles. The van der Waals surface area contributed by atoms with Crippen LogP contribution in [0.4, 0.5) is 5.13 Å². The molecule has 13 nitrogen and oxygen atoms in total. The van der Waals surface area contributed by atoms with Gasteiger partial charge in [0.2, 0.25) is 11.1 Å². The van der Waals surface area contributed by atoms with E-state index in [-0.39, 0.29) is 41.3 Å². The van der Waals surface area contributed by atoms with Crippen LogP contribution < -0.4 is 11.1 Å². The number of fused-ring (bicyclic) bond motifs is 1. The summed E-state index contributed by atoms with van der Waals surface area (Å²) < 4.78 is 1.44. The summed E-state index contributed by atoms with van der Waals surface area (Å²) in [6.45, 7) is -0.0138. The molecule has 2 unspecified atom stereocenters. The van der Waals surface area contributed by atoms with Gasteiger partial charge in [-0.05, 0) is 10.4 Å². The third-order valence-electron chi connectivity index (χ3n) is 4.90. The second-order valence-electron chi connectivity index (χ2n) is 6.98. The molecular formula is C15H17ClN8O5S3. The van der Waals surface area contributed by atoms with E-state index in [1.807, 2.05) is 0 Å². The molecule has 0 bridgehead atoms. The van der Waals surface area contributed by atoms with E-state index < -0.39 is 40.4 Å². The number of nitrogen functional groups attached to an aromatic ring is 1. The second kappa shape index (κ2) is 9.21. The molecule has 2 amide bonds. The maximum atomic E-state index is 12.6. The summed E-state index contributed by atoms with van der Waals surface area (Å²) in [5.74, 6) is -2.92. The number of tetrazole rings is 1. The number of carboxylic acids is 1. The molecule has 3 atom stereocenters.